The number of anilines is 2. The summed E-state index contributed by atoms with van der Waals surface area (Å²) in [7, 11) is 0. The minimum Gasteiger partial charge on any atom is -0.396 e. The minimum absolute atomic E-state index is 0.0895. The third-order valence-electron chi connectivity index (χ3n) is 9.89. The van der Waals surface area contributed by atoms with Gasteiger partial charge in [0.2, 0.25) is 0 Å². The fourth-order valence-corrected chi connectivity index (χ4v) is 7.23. The van der Waals surface area contributed by atoms with Crippen LogP contribution in [0.25, 0.3) is 10.9 Å². The first-order valence-corrected chi connectivity index (χ1v) is 16.4. The van der Waals surface area contributed by atoms with Gasteiger partial charge in [-0.3, -0.25) is 19.7 Å². The van der Waals surface area contributed by atoms with Gasteiger partial charge in [-0.25, -0.2) is 4.39 Å². The number of rotatable bonds is 9. The lowest BCUT2D eigenvalue weighted by molar-refractivity contribution is 0.158. The summed E-state index contributed by atoms with van der Waals surface area (Å²) in [6.45, 7) is 8.47. The fourth-order valence-electron chi connectivity index (χ4n) is 7.23. The number of aliphatic hydroxyl groups is 1. The van der Waals surface area contributed by atoms with Gasteiger partial charge >= 0.3 is 0 Å². The van der Waals surface area contributed by atoms with E-state index in [1.54, 1.807) is 0 Å². The number of hydrogen-bond donors (Lipinski definition) is 1. The zero-order valence-corrected chi connectivity index (χ0v) is 26.3. The highest BCUT2D eigenvalue weighted by Crippen LogP contribution is 2.39. The molecule has 3 aliphatic rings. The number of halogens is 1. The lowest BCUT2D eigenvalue weighted by Crippen LogP contribution is -2.48. The topological polar surface area (TPSA) is 77.7 Å². The van der Waals surface area contributed by atoms with Crippen molar-refractivity contribution in [2.45, 2.75) is 71.1 Å². The molecular weight excluding hydrogens is 567 g/mol. The Balaban J connectivity index is 1.24. The van der Waals surface area contributed by atoms with Crippen LogP contribution in [0.2, 0.25) is 0 Å². The van der Waals surface area contributed by atoms with Gasteiger partial charge < -0.3 is 19.5 Å². The van der Waals surface area contributed by atoms with E-state index in [-0.39, 0.29) is 29.8 Å². The van der Waals surface area contributed by atoms with Crippen molar-refractivity contribution >= 4 is 22.3 Å². The van der Waals surface area contributed by atoms with E-state index in [0.29, 0.717) is 48.9 Å². The highest BCUT2D eigenvalue weighted by atomic mass is 19.1. The van der Waals surface area contributed by atoms with Gasteiger partial charge in [-0.2, -0.15) is 0 Å². The summed E-state index contributed by atoms with van der Waals surface area (Å²) in [4.78, 5) is 30.0. The molecule has 0 radical (unpaired) electrons. The summed E-state index contributed by atoms with van der Waals surface area (Å²) >= 11 is 0. The van der Waals surface area contributed by atoms with E-state index < -0.39 is 0 Å². The highest BCUT2D eigenvalue weighted by molar-refractivity contribution is 5.84. The van der Waals surface area contributed by atoms with Crippen LogP contribution in [0.1, 0.15) is 60.7 Å². The quantitative estimate of drug-likeness (QED) is 0.273. The molecule has 1 N–H and O–H groups in total. The number of aromatic nitrogens is 3. The molecule has 8 nitrogen and oxygen atoms in total. The molecule has 4 aromatic rings. The van der Waals surface area contributed by atoms with Gasteiger partial charge in [0.1, 0.15) is 5.82 Å². The smallest absolute Gasteiger partial charge is 0.193 e. The largest absolute Gasteiger partial charge is 0.396 e. The van der Waals surface area contributed by atoms with Crippen molar-refractivity contribution < 1.29 is 9.50 Å². The van der Waals surface area contributed by atoms with E-state index in [1.807, 2.05) is 37.2 Å². The molecule has 236 valence electrons. The molecule has 1 aromatic carbocycles. The Labute approximate surface area is 264 Å². The number of pyridine rings is 3. The lowest BCUT2D eigenvalue weighted by atomic mass is 10.0. The zero-order chi connectivity index (χ0) is 31.1. The van der Waals surface area contributed by atoms with E-state index in [0.717, 1.165) is 67.8 Å². The third kappa shape index (κ3) is 6.33. The van der Waals surface area contributed by atoms with Gasteiger partial charge in [-0.05, 0) is 87.9 Å². The first-order valence-electron chi connectivity index (χ1n) is 16.4. The van der Waals surface area contributed by atoms with Gasteiger partial charge in [-0.1, -0.05) is 0 Å². The summed E-state index contributed by atoms with van der Waals surface area (Å²) in [6.07, 6.45) is 10.9. The molecule has 2 aliphatic heterocycles. The second-order valence-electron chi connectivity index (χ2n) is 13.3. The Morgan fingerprint density at radius 3 is 2.56 bits per heavy atom. The Morgan fingerprint density at radius 1 is 0.956 bits per heavy atom. The highest BCUT2D eigenvalue weighted by Gasteiger charge is 2.31. The first kappa shape index (κ1) is 29.9. The predicted octanol–water partition coefficient (Wildman–Crippen LogP) is 5.37. The van der Waals surface area contributed by atoms with Crippen LogP contribution in [-0.4, -0.2) is 63.4 Å². The van der Waals surface area contributed by atoms with Crippen LogP contribution in [0.5, 0.6) is 0 Å². The Morgan fingerprint density at radius 2 is 1.82 bits per heavy atom. The molecule has 0 bridgehead atoms. The number of fused-ring (bicyclic) bond motifs is 1. The van der Waals surface area contributed by atoms with Crippen molar-refractivity contribution in [3.8, 4) is 0 Å². The summed E-state index contributed by atoms with van der Waals surface area (Å²) in [5, 5.41) is 10.1. The number of hydrogen-bond acceptors (Lipinski definition) is 7. The minimum atomic E-state index is -0.364. The summed E-state index contributed by atoms with van der Waals surface area (Å²) < 4.78 is 17.9. The van der Waals surface area contributed by atoms with Crippen molar-refractivity contribution in [2.24, 2.45) is 5.92 Å². The van der Waals surface area contributed by atoms with Gasteiger partial charge in [0.25, 0.3) is 0 Å². The molecule has 2 saturated heterocycles. The first-order chi connectivity index (χ1) is 21.9. The monoisotopic (exact) mass is 610 g/mol. The summed E-state index contributed by atoms with van der Waals surface area (Å²) in [5.41, 5.74) is 6.23. The van der Waals surface area contributed by atoms with E-state index >= 15 is 4.39 Å². The van der Waals surface area contributed by atoms with Crippen LogP contribution >= 0.6 is 0 Å². The summed E-state index contributed by atoms with van der Waals surface area (Å²) in [6, 6.07) is 12.3. The predicted molar refractivity (Wildman–Crippen MR) is 176 cm³/mol. The van der Waals surface area contributed by atoms with E-state index in [9.17, 15) is 9.90 Å². The molecule has 0 spiro atoms. The van der Waals surface area contributed by atoms with Crippen molar-refractivity contribution in [1.82, 2.24) is 19.4 Å². The molecule has 3 fully saturated rings. The van der Waals surface area contributed by atoms with Gasteiger partial charge in [0, 0.05) is 98.6 Å². The normalized spacial score (nSPS) is 20.5. The molecule has 2 atom stereocenters. The fraction of sp³-hybridized carbons (Fsp3) is 0.472. The maximum atomic E-state index is 15.7. The molecule has 0 amide bonds. The molecule has 45 heavy (non-hydrogen) atoms. The number of nitrogens with zero attached hydrogens (tertiary/aromatic N) is 6. The molecule has 1 saturated carbocycles. The third-order valence-corrected chi connectivity index (χ3v) is 9.89. The number of piperidine rings is 1. The van der Waals surface area contributed by atoms with Crippen molar-refractivity contribution in [3.63, 3.8) is 0 Å². The van der Waals surface area contributed by atoms with Crippen molar-refractivity contribution in [2.75, 3.05) is 42.6 Å². The lowest BCUT2D eigenvalue weighted by Gasteiger charge is -2.40. The molecule has 1 unspecified atom stereocenters. The van der Waals surface area contributed by atoms with E-state index in [1.165, 1.54) is 11.6 Å². The van der Waals surface area contributed by atoms with Crippen molar-refractivity contribution in [1.29, 1.82) is 0 Å². The van der Waals surface area contributed by atoms with E-state index in [2.05, 4.69) is 54.8 Å². The maximum Gasteiger partial charge on any atom is 0.193 e. The summed E-state index contributed by atoms with van der Waals surface area (Å²) in [5.74, 6) is -0.210. The Bertz CT molecular complexity index is 1740. The Hall–Kier alpha value is -3.82. The molecule has 3 aromatic heterocycles. The van der Waals surface area contributed by atoms with E-state index in [4.69, 9.17) is 0 Å². The number of benzene rings is 1. The van der Waals surface area contributed by atoms with Crippen LogP contribution < -0.4 is 15.2 Å². The van der Waals surface area contributed by atoms with Crippen LogP contribution in [0, 0.1) is 25.6 Å². The van der Waals surface area contributed by atoms with Crippen LogP contribution in [0.15, 0.2) is 59.8 Å². The van der Waals surface area contributed by atoms with Crippen LogP contribution in [-0.2, 0) is 13.1 Å². The number of aliphatic hydroxyl groups excluding tert-OH is 1. The Kier molecular flexibility index (Phi) is 8.31. The second kappa shape index (κ2) is 12.5. The van der Waals surface area contributed by atoms with Crippen LogP contribution in [0.4, 0.5) is 15.8 Å². The van der Waals surface area contributed by atoms with Gasteiger partial charge in [0.15, 0.2) is 5.43 Å². The number of aryl methyl sites for hydroxylation is 2. The average molecular weight is 611 g/mol. The van der Waals surface area contributed by atoms with Gasteiger partial charge in [-0.15, -0.1) is 0 Å². The molecule has 1 aliphatic carbocycles. The molecule has 7 rings (SSSR count). The van der Waals surface area contributed by atoms with Crippen LogP contribution in [0.3, 0.4) is 0 Å². The molecule has 9 heteroatoms. The standard InChI is InChI=1S/C36H43FN6O2/c1-24-5-6-30(17-39-24)40-12-3-4-31(22-40)42(18-26-9-11-38-25(2)14-26)20-28-21-43(29-7-8-29)34-16-35(33(37)15-32(34)36(28)45)41-13-10-27(19-41)23-44/h5-6,9,11,14-17,21,27,29,31,44H,3-4,7-8,10,12-13,18-20,22-23H2,1-2H3/t27?,31-/m0/s1. The van der Waals surface area contributed by atoms with Crippen molar-refractivity contribution in [3.05, 3.63) is 93.5 Å². The second-order valence-corrected chi connectivity index (χ2v) is 13.3. The molecule has 5 heterocycles. The average Bonchev–Trinajstić information content (AvgIpc) is 3.78. The van der Waals surface area contributed by atoms with Gasteiger partial charge in [0.05, 0.1) is 23.1 Å². The molecular formula is C36H43FN6O2. The SMILES string of the molecule is Cc1ccc(N2CCC[C@H](N(Cc3ccnc(C)c3)Cc3cn(C4CC4)c4cc(N5CCC(CO)C5)c(F)cc4c3=O)C2)cn1. The maximum absolute atomic E-state index is 15.7. The zero-order valence-electron chi connectivity index (χ0n) is 26.3.